The van der Waals surface area contributed by atoms with E-state index in [2.05, 4.69) is 11.2 Å². The molecule has 1 aliphatic rings. The molecule has 1 heterocycles. The van der Waals surface area contributed by atoms with Gasteiger partial charge >= 0.3 is 0 Å². The smallest absolute Gasteiger partial charge is 0.243 e. The maximum Gasteiger partial charge on any atom is 0.243 e. The number of piperidine rings is 1. The van der Waals surface area contributed by atoms with Crippen LogP contribution in [0.1, 0.15) is 25.7 Å². The number of unbranched alkanes of at least 4 members (excludes halogenated alkanes) is 1. The Kier molecular flexibility index (Phi) is 4.32. The first-order chi connectivity index (χ1) is 7.15. The quantitative estimate of drug-likeness (QED) is 0.406. The van der Waals surface area contributed by atoms with Crippen molar-refractivity contribution in [1.29, 1.82) is 0 Å². The maximum absolute atomic E-state index is 11.5. The second-order valence-corrected chi connectivity index (χ2v) is 3.76. The summed E-state index contributed by atoms with van der Waals surface area (Å²) in [7, 11) is 1.89. The van der Waals surface area contributed by atoms with Crippen molar-refractivity contribution in [2.75, 3.05) is 13.6 Å². The van der Waals surface area contributed by atoms with Crippen molar-refractivity contribution in [2.24, 2.45) is 0 Å². The van der Waals surface area contributed by atoms with Gasteiger partial charge < -0.3 is 0 Å². The largest absolute Gasteiger partial charge is 0.295 e. The molecule has 0 spiro atoms. The Morgan fingerprint density at radius 2 is 2.33 bits per heavy atom. The third-order valence-electron chi connectivity index (χ3n) is 2.57. The van der Waals surface area contributed by atoms with Gasteiger partial charge in [0.25, 0.3) is 0 Å². The second-order valence-electron chi connectivity index (χ2n) is 3.76. The van der Waals surface area contributed by atoms with Crippen molar-refractivity contribution in [1.82, 2.24) is 10.2 Å². The van der Waals surface area contributed by atoms with E-state index in [-0.39, 0.29) is 17.9 Å². The number of amides is 2. The van der Waals surface area contributed by atoms with Crippen LogP contribution < -0.4 is 5.32 Å². The molecule has 1 rings (SSSR count). The van der Waals surface area contributed by atoms with Crippen LogP contribution in [0.5, 0.6) is 0 Å². The summed E-state index contributed by atoms with van der Waals surface area (Å²) in [6.45, 7) is 0.788. The van der Waals surface area contributed by atoms with Gasteiger partial charge in [-0.15, -0.1) is 12.3 Å². The van der Waals surface area contributed by atoms with Crippen LogP contribution in [-0.4, -0.2) is 36.3 Å². The molecular formula is C11H16N2O2. The summed E-state index contributed by atoms with van der Waals surface area (Å²) in [5.74, 6) is 2.20. The van der Waals surface area contributed by atoms with Gasteiger partial charge in [0.2, 0.25) is 11.8 Å². The zero-order valence-corrected chi connectivity index (χ0v) is 8.95. The van der Waals surface area contributed by atoms with Gasteiger partial charge in [-0.3, -0.25) is 19.8 Å². The highest BCUT2D eigenvalue weighted by molar-refractivity contribution is 6.00. The van der Waals surface area contributed by atoms with E-state index < -0.39 is 0 Å². The summed E-state index contributed by atoms with van der Waals surface area (Å²) in [5.41, 5.74) is 0. The number of likely N-dealkylation sites (N-methyl/N-ethyl adjacent to an activating group) is 1. The maximum atomic E-state index is 11.5. The van der Waals surface area contributed by atoms with Crippen LogP contribution in [0, 0.1) is 12.3 Å². The molecule has 15 heavy (non-hydrogen) atoms. The molecule has 4 nitrogen and oxygen atoms in total. The fourth-order valence-corrected chi connectivity index (χ4v) is 1.69. The predicted octanol–water partition coefficient (Wildman–Crippen LogP) is 0.137. The Labute approximate surface area is 90.0 Å². The van der Waals surface area contributed by atoms with Crippen molar-refractivity contribution in [3.63, 3.8) is 0 Å². The summed E-state index contributed by atoms with van der Waals surface area (Å²) >= 11 is 0. The SMILES string of the molecule is C#CCCCN(C)C1CCC(=O)NC1=O. The minimum Gasteiger partial charge on any atom is -0.295 e. The second kappa shape index (κ2) is 5.52. The summed E-state index contributed by atoms with van der Waals surface area (Å²) < 4.78 is 0. The molecule has 1 fully saturated rings. The van der Waals surface area contributed by atoms with E-state index in [1.165, 1.54) is 0 Å². The van der Waals surface area contributed by atoms with Crippen LogP contribution >= 0.6 is 0 Å². The zero-order valence-electron chi connectivity index (χ0n) is 8.95. The molecule has 0 saturated carbocycles. The summed E-state index contributed by atoms with van der Waals surface area (Å²) in [6, 6.07) is -0.180. The third kappa shape index (κ3) is 3.37. The molecule has 0 radical (unpaired) electrons. The van der Waals surface area contributed by atoms with Crippen LogP contribution in [0.2, 0.25) is 0 Å². The van der Waals surface area contributed by atoms with Crippen molar-refractivity contribution in [3.8, 4) is 12.3 Å². The van der Waals surface area contributed by atoms with E-state index in [0.717, 1.165) is 19.4 Å². The molecule has 1 N–H and O–H groups in total. The zero-order chi connectivity index (χ0) is 11.3. The monoisotopic (exact) mass is 208 g/mol. The number of hydrogen-bond acceptors (Lipinski definition) is 3. The number of hydrogen-bond donors (Lipinski definition) is 1. The molecule has 1 saturated heterocycles. The van der Waals surface area contributed by atoms with Gasteiger partial charge in [-0.1, -0.05) is 0 Å². The predicted molar refractivity (Wildman–Crippen MR) is 56.9 cm³/mol. The van der Waals surface area contributed by atoms with E-state index in [4.69, 9.17) is 6.42 Å². The molecular weight excluding hydrogens is 192 g/mol. The summed E-state index contributed by atoms with van der Waals surface area (Å²) in [5, 5.41) is 2.34. The Morgan fingerprint density at radius 1 is 1.60 bits per heavy atom. The van der Waals surface area contributed by atoms with Crippen molar-refractivity contribution < 1.29 is 9.59 Å². The standard InChI is InChI=1S/C11H16N2O2/c1-3-4-5-8-13(2)9-6-7-10(14)12-11(9)15/h1,9H,4-8H2,2H3,(H,12,14,15). The van der Waals surface area contributed by atoms with Gasteiger partial charge in [-0.05, 0) is 26.4 Å². The Balaban J connectivity index is 2.39. The normalized spacial score (nSPS) is 21.3. The van der Waals surface area contributed by atoms with Crippen molar-refractivity contribution in [2.45, 2.75) is 31.7 Å². The molecule has 1 unspecified atom stereocenters. The highest BCUT2D eigenvalue weighted by Crippen LogP contribution is 2.11. The van der Waals surface area contributed by atoms with Gasteiger partial charge in [0.05, 0.1) is 6.04 Å². The minimum absolute atomic E-state index is 0.173. The van der Waals surface area contributed by atoms with E-state index in [1.54, 1.807) is 0 Å². The lowest BCUT2D eigenvalue weighted by molar-refractivity contribution is -0.137. The van der Waals surface area contributed by atoms with Crippen LogP contribution in [0.25, 0.3) is 0 Å². The van der Waals surface area contributed by atoms with Gasteiger partial charge in [-0.2, -0.15) is 0 Å². The summed E-state index contributed by atoms with van der Waals surface area (Å²) in [4.78, 5) is 24.3. The van der Waals surface area contributed by atoms with Crippen LogP contribution in [0.15, 0.2) is 0 Å². The van der Waals surface area contributed by atoms with E-state index in [0.29, 0.717) is 12.8 Å². The lowest BCUT2D eigenvalue weighted by Crippen LogP contribution is -2.51. The molecule has 1 atom stereocenters. The van der Waals surface area contributed by atoms with Gasteiger partial charge in [-0.25, -0.2) is 0 Å². The number of imide groups is 1. The summed E-state index contributed by atoms with van der Waals surface area (Å²) in [6.07, 6.45) is 7.78. The Morgan fingerprint density at radius 3 is 2.93 bits per heavy atom. The number of carbonyl (C=O) groups excluding carboxylic acids is 2. The van der Waals surface area contributed by atoms with Crippen LogP contribution in [0.4, 0.5) is 0 Å². The van der Waals surface area contributed by atoms with Crippen molar-refractivity contribution in [3.05, 3.63) is 0 Å². The molecule has 0 aliphatic carbocycles. The first kappa shape index (κ1) is 11.7. The van der Waals surface area contributed by atoms with Crippen LogP contribution in [0.3, 0.4) is 0 Å². The first-order valence-electron chi connectivity index (χ1n) is 5.12. The van der Waals surface area contributed by atoms with E-state index in [1.807, 2.05) is 11.9 Å². The lowest BCUT2D eigenvalue weighted by Gasteiger charge is -2.29. The molecule has 82 valence electrons. The first-order valence-corrected chi connectivity index (χ1v) is 5.12. The number of nitrogens with zero attached hydrogens (tertiary/aromatic N) is 1. The van der Waals surface area contributed by atoms with Crippen molar-refractivity contribution >= 4 is 11.8 Å². The Hall–Kier alpha value is -1.34. The highest BCUT2D eigenvalue weighted by Gasteiger charge is 2.29. The Bertz CT molecular complexity index is 293. The van der Waals surface area contributed by atoms with Gasteiger partial charge in [0.1, 0.15) is 0 Å². The third-order valence-corrected chi connectivity index (χ3v) is 2.57. The molecule has 0 aromatic heterocycles. The van der Waals surface area contributed by atoms with E-state index >= 15 is 0 Å². The number of nitrogens with one attached hydrogen (secondary N) is 1. The number of rotatable bonds is 4. The molecule has 2 amide bonds. The highest BCUT2D eigenvalue weighted by atomic mass is 16.2. The van der Waals surface area contributed by atoms with E-state index in [9.17, 15) is 9.59 Å². The molecule has 1 aliphatic heterocycles. The fourth-order valence-electron chi connectivity index (χ4n) is 1.69. The molecule has 4 heteroatoms. The average Bonchev–Trinajstić information content (AvgIpc) is 2.17. The molecule has 0 bridgehead atoms. The number of carbonyl (C=O) groups is 2. The average molecular weight is 208 g/mol. The van der Waals surface area contributed by atoms with Gasteiger partial charge in [0.15, 0.2) is 0 Å². The van der Waals surface area contributed by atoms with Gasteiger partial charge in [0, 0.05) is 12.8 Å². The molecule has 0 aromatic carbocycles. The topological polar surface area (TPSA) is 49.4 Å². The molecule has 0 aromatic rings. The minimum atomic E-state index is -0.186. The number of terminal acetylenes is 1. The van der Waals surface area contributed by atoms with Crippen LogP contribution in [-0.2, 0) is 9.59 Å². The lowest BCUT2D eigenvalue weighted by atomic mass is 10.0. The fraction of sp³-hybridized carbons (Fsp3) is 0.636.